The van der Waals surface area contributed by atoms with Crippen molar-refractivity contribution in [3.05, 3.63) is 5.82 Å². The zero-order valence-electron chi connectivity index (χ0n) is 7.73. The largest absolute Gasteiger partial charge is 0.344 e. The van der Waals surface area contributed by atoms with Crippen LogP contribution in [0.15, 0.2) is 0 Å². The molecule has 0 bridgehead atoms. The van der Waals surface area contributed by atoms with Gasteiger partial charge in [0, 0.05) is 24.1 Å². The van der Waals surface area contributed by atoms with Crippen LogP contribution in [0.1, 0.15) is 25.1 Å². The predicted molar refractivity (Wildman–Crippen MR) is 53.1 cm³/mol. The molecular formula is C9H13N3S. The molecule has 1 aliphatic heterocycles. The quantitative estimate of drug-likeness (QED) is 0.684. The molecule has 0 radical (unpaired) electrons. The van der Waals surface area contributed by atoms with E-state index in [9.17, 15) is 0 Å². The molecule has 2 aliphatic rings. The molecule has 0 spiro atoms. The third-order valence-corrected chi connectivity index (χ3v) is 3.87. The Balaban J connectivity index is 1.84. The highest BCUT2D eigenvalue weighted by atomic mass is 32.1. The van der Waals surface area contributed by atoms with E-state index >= 15 is 0 Å². The van der Waals surface area contributed by atoms with Gasteiger partial charge in [-0.25, -0.2) is 4.98 Å². The Morgan fingerprint density at radius 3 is 3.23 bits per heavy atom. The third kappa shape index (κ3) is 1.24. The van der Waals surface area contributed by atoms with Crippen molar-refractivity contribution in [3.8, 4) is 0 Å². The van der Waals surface area contributed by atoms with E-state index in [4.69, 9.17) is 0 Å². The predicted octanol–water partition coefficient (Wildman–Crippen LogP) is 1.84. The van der Waals surface area contributed by atoms with Crippen LogP contribution in [0.4, 0.5) is 5.13 Å². The maximum absolute atomic E-state index is 4.44. The van der Waals surface area contributed by atoms with Gasteiger partial charge in [-0.15, -0.1) is 0 Å². The van der Waals surface area contributed by atoms with Crippen molar-refractivity contribution >= 4 is 16.7 Å². The molecule has 1 saturated heterocycles. The lowest BCUT2D eigenvalue weighted by Gasteiger charge is -2.25. The van der Waals surface area contributed by atoms with Gasteiger partial charge in [0.2, 0.25) is 5.13 Å². The van der Waals surface area contributed by atoms with Crippen LogP contribution in [0, 0.1) is 12.8 Å². The van der Waals surface area contributed by atoms with E-state index in [1.54, 1.807) is 11.5 Å². The average Bonchev–Trinajstić information content (AvgIpc) is 2.81. The number of aromatic nitrogens is 2. The van der Waals surface area contributed by atoms with Crippen molar-refractivity contribution in [1.29, 1.82) is 0 Å². The smallest absolute Gasteiger partial charge is 0.205 e. The fourth-order valence-electron chi connectivity index (χ4n) is 2.25. The van der Waals surface area contributed by atoms with E-state index < -0.39 is 0 Å². The lowest BCUT2D eigenvalue weighted by molar-refractivity contribution is 0.558. The van der Waals surface area contributed by atoms with Gasteiger partial charge in [-0.2, -0.15) is 4.37 Å². The summed E-state index contributed by atoms with van der Waals surface area (Å²) in [5.41, 5.74) is 0. The molecule has 2 unspecified atom stereocenters. The molecule has 70 valence electrons. The van der Waals surface area contributed by atoms with Gasteiger partial charge in [0.15, 0.2) is 0 Å². The molecule has 1 aliphatic carbocycles. The molecular weight excluding hydrogens is 182 g/mol. The SMILES string of the molecule is Cc1nsc(N2CCCC3CC32)n1. The minimum atomic E-state index is 0.807. The molecule has 0 amide bonds. The maximum Gasteiger partial charge on any atom is 0.205 e. The number of rotatable bonds is 1. The first-order valence-electron chi connectivity index (χ1n) is 4.91. The molecule has 13 heavy (non-hydrogen) atoms. The minimum absolute atomic E-state index is 0.807. The Labute approximate surface area is 82.0 Å². The first-order chi connectivity index (χ1) is 6.34. The van der Waals surface area contributed by atoms with Crippen LogP contribution >= 0.6 is 11.5 Å². The van der Waals surface area contributed by atoms with E-state index in [-0.39, 0.29) is 0 Å². The molecule has 0 aromatic carbocycles. The molecule has 1 aromatic rings. The van der Waals surface area contributed by atoms with Crippen molar-refractivity contribution < 1.29 is 0 Å². The van der Waals surface area contributed by atoms with Crippen molar-refractivity contribution in [2.24, 2.45) is 5.92 Å². The van der Waals surface area contributed by atoms with Crippen molar-refractivity contribution in [2.75, 3.05) is 11.4 Å². The van der Waals surface area contributed by atoms with Crippen molar-refractivity contribution in [2.45, 2.75) is 32.2 Å². The summed E-state index contributed by atoms with van der Waals surface area (Å²) in [5, 5.41) is 1.14. The Bertz CT molecular complexity index is 322. The van der Waals surface area contributed by atoms with E-state index in [0.29, 0.717) is 0 Å². The summed E-state index contributed by atoms with van der Waals surface area (Å²) in [6.45, 7) is 3.16. The zero-order chi connectivity index (χ0) is 8.84. The number of anilines is 1. The molecule has 2 atom stereocenters. The molecule has 3 rings (SSSR count). The topological polar surface area (TPSA) is 29.0 Å². The van der Waals surface area contributed by atoms with Gasteiger partial charge in [0.1, 0.15) is 5.82 Å². The summed E-state index contributed by atoms with van der Waals surface area (Å²) in [6, 6.07) is 0.807. The Hall–Kier alpha value is -0.640. The van der Waals surface area contributed by atoms with Crippen LogP contribution in [-0.2, 0) is 0 Å². The van der Waals surface area contributed by atoms with Gasteiger partial charge in [-0.1, -0.05) is 0 Å². The third-order valence-electron chi connectivity index (χ3n) is 3.02. The Kier molecular flexibility index (Phi) is 1.59. The second-order valence-corrected chi connectivity index (χ2v) is 4.75. The monoisotopic (exact) mass is 195 g/mol. The summed E-state index contributed by atoms with van der Waals surface area (Å²) in [4.78, 5) is 6.90. The van der Waals surface area contributed by atoms with Crippen LogP contribution in [0.2, 0.25) is 0 Å². The van der Waals surface area contributed by atoms with E-state index in [0.717, 1.165) is 22.9 Å². The number of fused-ring (bicyclic) bond motifs is 1. The average molecular weight is 195 g/mol. The lowest BCUT2D eigenvalue weighted by atomic mass is 10.1. The second-order valence-electron chi connectivity index (χ2n) is 4.02. The molecule has 3 nitrogen and oxygen atoms in total. The molecule has 0 N–H and O–H groups in total. The van der Waals surface area contributed by atoms with Crippen molar-refractivity contribution in [3.63, 3.8) is 0 Å². The summed E-state index contributed by atoms with van der Waals surface area (Å²) in [7, 11) is 0. The molecule has 1 saturated carbocycles. The van der Waals surface area contributed by atoms with Gasteiger partial charge in [0.05, 0.1) is 0 Å². The molecule has 2 heterocycles. The van der Waals surface area contributed by atoms with Crippen LogP contribution in [0.5, 0.6) is 0 Å². The Morgan fingerprint density at radius 1 is 1.54 bits per heavy atom. The Morgan fingerprint density at radius 2 is 2.46 bits per heavy atom. The van der Waals surface area contributed by atoms with Gasteiger partial charge in [-0.3, -0.25) is 0 Å². The molecule has 2 fully saturated rings. The van der Waals surface area contributed by atoms with Gasteiger partial charge in [0.25, 0.3) is 0 Å². The van der Waals surface area contributed by atoms with Crippen LogP contribution in [-0.4, -0.2) is 21.9 Å². The summed E-state index contributed by atoms with van der Waals surface area (Å²) >= 11 is 1.55. The van der Waals surface area contributed by atoms with Gasteiger partial charge < -0.3 is 4.90 Å². The highest BCUT2D eigenvalue weighted by molar-refractivity contribution is 7.09. The molecule has 4 heteroatoms. The van der Waals surface area contributed by atoms with Gasteiger partial charge in [-0.05, 0) is 32.1 Å². The molecule has 1 aromatic heterocycles. The standard InChI is InChI=1S/C9H13N3S/c1-6-10-9(13-11-6)12-4-2-3-7-5-8(7)12/h7-8H,2-5H2,1H3. The number of nitrogens with zero attached hydrogens (tertiary/aromatic N) is 3. The fourth-order valence-corrected chi connectivity index (χ4v) is 3.01. The van der Waals surface area contributed by atoms with Gasteiger partial charge >= 0.3 is 0 Å². The van der Waals surface area contributed by atoms with E-state index in [1.165, 1.54) is 25.8 Å². The van der Waals surface area contributed by atoms with Crippen LogP contribution < -0.4 is 4.90 Å². The summed E-state index contributed by atoms with van der Waals surface area (Å²) in [6.07, 6.45) is 4.15. The number of aryl methyl sites for hydroxylation is 1. The highest BCUT2D eigenvalue weighted by Gasteiger charge is 2.45. The maximum atomic E-state index is 4.44. The first-order valence-corrected chi connectivity index (χ1v) is 5.69. The van der Waals surface area contributed by atoms with E-state index in [2.05, 4.69) is 14.3 Å². The normalized spacial score (nSPS) is 31.6. The summed E-state index contributed by atoms with van der Waals surface area (Å²) in [5.74, 6) is 1.89. The zero-order valence-corrected chi connectivity index (χ0v) is 8.55. The number of hydrogen-bond acceptors (Lipinski definition) is 4. The van der Waals surface area contributed by atoms with E-state index in [1.807, 2.05) is 6.92 Å². The van der Waals surface area contributed by atoms with Crippen molar-refractivity contribution in [1.82, 2.24) is 9.36 Å². The second kappa shape index (κ2) is 2.67. The minimum Gasteiger partial charge on any atom is -0.344 e. The first kappa shape index (κ1) is 7.74. The lowest BCUT2D eigenvalue weighted by Crippen LogP contribution is -2.31. The van der Waals surface area contributed by atoms with Crippen LogP contribution in [0.3, 0.4) is 0 Å². The summed E-state index contributed by atoms with van der Waals surface area (Å²) < 4.78 is 4.23. The fraction of sp³-hybridized carbons (Fsp3) is 0.778. The van der Waals surface area contributed by atoms with Crippen LogP contribution in [0.25, 0.3) is 0 Å². The highest BCUT2D eigenvalue weighted by Crippen LogP contribution is 2.45. The number of hydrogen-bond donors (Lipinski definition) is 0. The number of piperidine rings is 1.